The number of rotatable bonds is 7. The molecule has 1 aliphatic carbocycles. The lowest BCUT2D eigenvalue weighted by molar-refractivity contribution is -0.122. The molecule has 140 valence electrons. The highest BCUT2D eigenvalue weighted by Gasteiger charge is 2.34. The smallest absolute Gasteiger partial charge is 0.236 e. The Balaban J connectivity index is 2.04. The molecule has 0 bridgehead atoms. The monoisotopic (exact) mass is 366 g/mol. The molecule has 2 rings (SSSR count). The van der Waals surface area contributed by atoms with E-state index in [4.69, 9.17) is 5.73 Å². The van der Waals surface area contributed by atoms with Crippen LogP contribution in [-0.4, -0.2) is 38.9 Å². The Kier molecular flexibility index (Phi) is 6.63. The largest absolute Gasteiger partial charge is 0.354 e. The van der Waals surface area contributed by atoms with Gasteiger partial charge >= 0.3 is 0 Å². The second-order valence-electron chi connectivity index (χ2n) is 7.45. The lowest BCUT2D eigenvalue weighted by Gasteiger charge is -2.38. The molecule has 1 aromatic rings. The first-order valence-electron chi connectivity index (χ1n) is 9.00. The van der Waals surface area contributed by atoms with Gasteiger partial charge in [0.2, 0.25) is 5.91 Å². The number of amides is 1. The van der Waals surface area contributed by atoms with Crippen LogP contribution in [0, 0.1) is 6.92 Å². The van der Waals surface area contributed by atoms with Crippen LogP contribution >= 0.6 is 0 Å². The molecule has 1 aromatic carbocycles. The molecule has 0 heterocycles. The summed E-state index contributed by atoms with van der Waals surface area (Å²) in [5.74, 6) is -0.328. The maximum atomic E-state index is 12.3. The van der Waals surface area contributed by atoms with Crippen LogP contribution in [0.3, 0.4) is 0 Å². The number of aryl methyl sites for hydroxylation is 1. The molecule has 6 heteroatoms. The molecule has 1 atom stereocenters. The van der Waals surface area contributed by atoms with Gasteiger partial charge in [-0.3, -0.25) is 4.79 Å². The molecule has 0 radical (unpaired) electrons. The quantitative estimate of drug-likeness (QED) is 0.773. The molecule has 0 spiro atoms. The molecule has 0 aliphatic heterocycles. The Hall–Kier alpha value is -1.40. The lowest BCUT2D eigenvalue weighted by atomic mass is 9.69. The van der Waals surface area contributed by atoms with E-state index >= 15 is 0 Å². The van der Waals surface area contributed by atoms with Gasteiger partial charge in [-0.15, -0.1) is 0 Å². The average Bonchev–Trinajstić information content (AvgIpc) is 2.57. The second kappa shape index (κ2) is 8.32. The highest BCUT2D eigenvalue weighted by atomic mass is 32.2. The van der Waals surface area contributed by atoms with Gasteiger partial charge in [0.05, 0.1) is 11.8 Å². The van der Waals surface area contributed by atoms with E-state index in [0.29, 0.717) is 6.54 Å². The third kappa shape index (κ3) is 5.82. The average molecular weight is 367 g/mol. The van der Waals surface area contributed by atoms with Gasteiger partial charge in [-0.25, -0.2) is 8.42 Å². The summed E-state index contributed by atoms with van der Waals surface area (Å²) in [6.07, 6.45) is 6.96. The first-order chi connectivity index (χ1) is 11.7. The van der Waals surface area contributed by atoms with Crippen LogP contribution in [0.5, 0.6) is 0 Å². The van der Waals surface area contributed by atoms with E-state index in [1.165, 1.54) is 17.5 Å². The fraction of sp³-hybridized carbons (Fsp3) is 0.632. The third-order valence-corrected chi connectivity index (χ3v) is 6.16. The van der Waals surface area contributed by atoms with E-state index in [0.717, 1.165) is 31.9 Å². The van der Waals surface area contributed by atoms with Gasteiger partial charge < -0.3 is 11.1 Å². The number of hydrogen-bond donors (Lipinski definition) is 2. The molecule has 1 aliphatic rings. The highest BCUT2D eigenvalue weighted by Crippen LogP contribution is 2.39. The second-order valence-corrected chi connectivity index (χ2v) is 9.71. The fourth-order valence-electron chi connectivity index (χ4n) is 3.63. The zero-order valence-electron chi connectivity index (χ0n) is 15.3. The Morgan fingerprint density at radius 1 is 1.28 bits per heavy atom. The summed E-state index contributed by atoms with van der Waals surface area (Å²) >= 11 is 0. The minimum Gasteiger partial charge on any atom is -0.354 e. The highest BCUT2D eigenvalue weighted by molar-refractivity contribution is 7.90. The van der Waals surface area contributed by atoms with E-state index in [-0.39, 0.29) is 23.5 Å². The number of benzene rings is 1. The summed E-state index contributed by atoms with van der Waals surface area (Å²) in [4.78, 5) is 12.3. The molecule has 1 unspecified atom stereocenters. The Bertz CT molecular complexity index is 694. The molecule has 0 aromatic heterocycles. The van der Waals surface area contributed by atoms with Gasteiger partial charge in [0.15, 0.2) is 0 Å². The summed E-state index contributed by atoms with van der Waals surface area (Å²) in [6, 6.07) is 7.73. The summed E-state index contributed by atoms with van der Waals surface area (Å²) in [7, 11) is -3.11. The van der Waals surface area contributed by atoms with Crippen molar-refractivity contribution in [2.75, 3.05) is 18.6 Å². The van der Waals surface area contributed by atoms with Crippen LogP contribution in [-0.2, 0) is 20.0 Å². The molecular formula is C19H30N2O3S. The van der Waals surface area contributed by atoms with Crippen molar-refractivity contribution >= 4 is 15.7 Å². The SMILES string of the molecule is Cc1cccc(C2(CNC(=O)C(N)CCS(C)(=O)=O)CCCCC2)c1. The first kappa shape index (κ1) is 19.9. The van der Waals surface area contributed by atoms with Crippen molar-refractivity contribution in [3.05, 3.63) is 35.4 Å². The van der Waals surface area contributed by atoms with Crippen LogP contribution in [0.25, 0.3) is 0 Å². The van der Waals surface area contributed by atoms with Crippen molar-refractivity contribution in [1.82, 2.24) is 5.32 Å². The van der Waals surface area contributed by atoms with Crippen molar-refractivity contribution in [3.8, 4) is 0 Å². The molecule has 1 saturated carbocycles. The molecule has 0 saturated heterocycles. The number of hydrogen-bond acceptors (Lipinski definition) is 4. The van der Waals surface area contributed by atoms with E-state index in [1.807, 2.05) is 0 Å². The van der Waals surface area contributed by atoms with Crippen LogP contribution in [0.15, 0.2) is 24.3 Å². The maximum absolute atomic E-state index is 12.3. The fourth-order valence-corrected chi connectivity index (χ4v) is 4.31. The van der Waals surface area contributed by atoms with Gasteiger partial charge in [0.25, 0.3) is 0 Å². The number of sulfone groups is 1. The van der Waals surface area contributed by atoms with Gasteiger partial charge in [-0.2, -0.15) is 0 Å². The van der Waals surface area contributed by atoms with Crippen molar-refractivity contribution in [2.45, 2.75) is 56.9 Å². The summed E-state index contributed by atoms with van der Waals surface area (Å²) < 4.78 is 22.5. The topological polar surface area (TPSA) is 89.3 Å². The number of carbonyl (C=O) groups excluding carboxylic acids is 1. The lowest BCUT2D eigenvalue weighted by Crippen LogP contribution is -2.48. The molecule has 1 amide bonds. The van der Waals surface area contributed by atoms with Crippen molar-refractivity contribution in [2.24, 2.45) is 5.73 Å². The predicted molar refractivity (Wildman–Crippen MR) is 101 cm³/mol. The summed E-state index contributed by atoms with van der Waals surface area (Å²) in [6.45, 7) is 2.64. The molecule has 25 heavy (non-hydrogen) atoms. The number of nitrogens with two attached hydrogens (primary N) is 1. The van der Waals surface area contributed by atoms with Gasteiger partial charge in [-0.05, 0) is 31.7 Å². The van der Waals surface area contributed by atoms with Crippen LogP contribution < -0.4 is 11.1 Å². The first-order valence-corrected chi connectivity index (χ1v) is 11.1. The normalized spacial score (nSPS) is 18.5. The molecule has 5 nitrogen and oxygen atoms in total. The Morgan fingerprint density at radius 3 is 2.56 bits per heavy atom. The molecular weight excluding hydrogens is 336 g/mol. The van der Waals surface area contributed by atoms with Crippen molar-refractivity contribution < 1.29 is 13.2 Å². The minimum absolute atomic E-state index is 0.0452. The Labute approximate surface area is 151 Å². The summed E-state index contributed by atoms with van der Waals surface area (Å²) in [5, 5.41) is 2.99. The zero-order chi connectivity index (χ0) is 18.5. The third-order valence-electron chi connectivity index (χ3n) is 5.18. The van der Waals surface area contributed by atoms with Gasteiger partial charge in [-0.1, -0.05) is 49.1 Å². The van der Waals surface area contributed by atoms with Crippen LogP contribution in [0.2, 0.25) is 0 Å². The number of carbonyl (C=O) groups is 1. The predicted octanol–water partition coefficient (Wildman–Crippen LogP) is 2.08. The molecule has 3 N–H and O–H groups in total. The summed E-state index contributed by atoms with van der Waals surface area (Å²) in [5.41, 5.74) is 8.32. The molecule has 1 fully saturated rings. The van der Waals surface area contributed by atoms with Crippen LogP contribution in [0.1, 0.15) is 49.7 Å². The Morgan fingerprint density at radius 2 is 1.96 bits per heavy atom. The van der Waals surface area contributed by atoms with E-state index < -0.39 is 15.9 Å². The van der Waals surface area contributed by atoms with Gasteiger partial charge in [0, 0.05) is 18.2 Å². The maximum Gasteiger partial charge on any atom is 0.236 e. The van der Waals surface area contributed by atoms with E-state index in [9.17, 15) is 13.2 Å². The van der Waals surface area contributed by atoms with Gasteiger partial charge in [0.1, 0.15) is 9.84 Å². The standard InChI is InChI=1S/C19H30N2O3S/c1-15-7-6-8-16(13-15)19(10-4-3-5-11-19)14-21-18(22)17(20)9-12-25(2,23)24/h6-8,13,17H,3-5,9-12,14,20H2,1-2H3,(H,21,22). The number of nitrogens with one attached hydrogen (secondary N) is 1. The van der Waals surface area contributed by atoms with E-state index in [1.54, 1.807) is 0 Å². The zero-order valence-corrected chi connectivity index (χ0v) is 16.1. The van der Waals surface area contributed by atoms with Crippen LogP contribution in [0.4, 0.5) is 0 Å². The van der Waals surface area contributed by atoms with E-state index in [2.05, 4.69) is 36.5 Å². The van der Waals surface area contributed by atoms with Crippen molar-refractivity contribution in [3.63, 3.8) is 0 Å². The van der Waals surface area contributed by atoms with Crippen molar-refractivity contribution in [1.29, 1.82) is 0 Å². The minimum atomic E-state index is -3.11.